The van der Waals surface area contributed by atoms with Gasteiger partial charge in [0.05, 0.1) is 0 Å². The molecule has 0 saturated carbocycles. The number of carbonyl (C=O) groups excluding carboxylic acids is 1. The van der Waals surface area contributed by atoms with E-state index in [1.807, 2.05) is 0 Å². The van der Waals surface area contributed by atoms with Crippen LogP contribution in [0, 0.1) is 0 Å². The summed E-state index contributed by atoms with van der Waals surface area (Å²) in [6.45, 7) is 0.0670. The van der Waals surface area contributed by atoms with E-state index in [0.29, 0.717) is 17.1 Å². The van der Waals surface area contributed by atoms with Crippen molar-refractivity contribution < 1.29 is 17.6 Å². The van der Waals surface area contributed by atoms with Gasteiger partial charge in [0.15, 0.2) is 0 Å². The summed E-state index contributed by atoms with van der Waals surface area (Å²) in [7, 11) is -3.72. The van der Waals surface area contributed by atoms with Gasteiger partial charge in [0.1, 0.15) is 5.25 Å². The lowest BCUT2D eigenvalue weighted by Crippen LogP contribution is -2.32. The monoisotopic (exact) mass is 308 g/mol. The van der Waals surface area contributed by atoms with Gasteiger partial charge in [0.2, 0.25) is 28.2 Å². The molecule has 0 aliphatic carbocycles. The van der Waals surface area contributed by atoms with E-state index in [1.165, 1.54) is 11.3 Å². The van der Waals surface area contributed by atoms with Crippen molar-refractivity contribution in [3.8, 4) is 11.5 Å². The van der Waals surface area contributed by atoms with Gasteiger partial charge in [-0.05, 0) is 24.3 Å². The quantitative estimate of drug-likeness (QED) is 0.860. The summed E-state index contributed by atoms with van der Waals surface area (Å²) in [5.41, 5.74) is 1.32. The minimum atomic E-state index is -3.72. The Kier molecular flexibility index (Phi) is 3.22. The molecule has 3 rings (SSSR count). The second kappa shape index (κ2) is 4.93. The normalized spacial score (nSPS) is 19.2. The summed E-state index contributed by atoms with van der Waals surface area (Å²) in [6.07, 6.45) is 1.13. The first kappa shape index (κ1) is 13.7. The van der Waals surface area contributed by atoms with Crippen LogP contribution >= 0.6 is 0 Å². The zero-order valence-electron chi connectivity index (χ0n) is 10.8. The first-order chi connectivity index (χ1) is 9.95. The molecule has 2 heterocycles. The summed E-state index contributed by atoms with van der Waals surface area (Å²) in [5, 5.41) is 11.6. The fourth-order valence-corrected chi connectivity index (χ4v) is 2.96. The van der Waals surface area contributed by atoms with Crippen LogP contribution in [-0.4, -0.2) is 36.3 Å². The van der Waals surface area contributed by atoms with Gasteiger partial charge in [-0.1, -0.05) is 0 Å². The van der Waals surface area contributed by atoms with Crippen LogP contribution in [0.25, 0.3) is 11.5 Å². The maximum absolute atomic E-state index is 11.9. The van der Waals surface area contributed by atoms with Crippen LogP contribution in [-0.2, 0) is 14.8 Å². The number of aromatic nitrogens is 2. The molecule has 1 saturated heterocycles. The Labute approximate surface area is 120 Å². The standard InChI is InChI=1S/C12H12N4O4S/c13-21(18,19)10-5-11(17)16(6-10)9-3-1-8(2-4-9)12-15-14-7-20-12/h1-4,7,10H,5-6H2,(H2,13,18,19). The molecule has 0 spiro atoms. The molecule has 1 fully saturated rings. The van der Waals surface area contributed by atoms with E-state index in [2.05, 4.69) is 10.2 Å². The molecule has 1 unspecified atom stereocenters. The van der Waals surface area contributed by atoms with Crippen molar-refractivity contribution in [2.45, 2.75) is 11.7 Å². The lowest BCUT2D eigenvalue weighted by Gasteiger charge is -2.16. The van der Waals surface area contributed by atoms with E-state index in [-0.39, 0.29) is 18.9 Å². The predicted molar refractivity (Wildman–Crippen MR) is 73.6 cm³/mol. The van der Waals surface area contributed by atoms with Gasteiger partial charge >= 0.3 is 0 Å². The van der Waals surface area contributed by atoms with Gasteiger partial charge in [-0.25, -0.2) is 13.6 Å². The van der Waals surface area contributed by atoms with Gasteiger partial charge in [0, 0.05) is 24.2 Å². The first-order valence-corrected chi connectivity index (χ1v) is 7.74. The van der Waals surface area contributed by atoms with Crippen LogP contribution in [0.15, 0.2) is 35.1 Å². The summed E-state index contributed by atoms with van der Waals surface area (Å²) in [6, 6.07) is 6.84. The van der Waals surface area contributed by atoms with Crippen LogP contribution in [0.5, 0.6) is 0 Å². The molecule has 1 atom stereocenters. The van der Waals surface area contributed by atoms with E-state index >= 15 is 0 Å². The lowest BCUT2D eigenvalue weighted by molar-refractivity contribution is -0.117. The van der Waals surface area contributed by atoms with Crippen molar-refractivity contribution in [1.29, 1.82) is 0 Å². The van der Waals surface area contributed by atoms with E-state index in [1.54, 1.807) is 24.3 Å². The number of nitrogens with zero attached hydrogens (tertiary/aromatic N) is 3. The molecule has 0 bridgehead atoms. The predicted octanol–water partition coefficient (Wildman–Crippen LogP) is 0.130. The van der Waals surface area contributed by atoms with Crippen molar-refractivity contribution in [2.75, 3.05) is 11.4 Å². The van der Waals surface area contributed by atoms with Crippen LogP contribution in [0.4, 0.5) is 5.69 Å². The molecule has 1 aliphatic heterocycles. The lowest BCUT2D eigenvalue weighted by atomic mass is 10.2. The Morgan fingerprint density at radius 1 is 1.29 bits per heavy atom. The molecule has 2 aromatic rings. The van der Waals surface area contributed by atoms with Crippen molar-refractivity contribution >= 4 is 21.6 Å². The van der Waals surface area contributed by atoms with Crippen molar-refractivity contribution in [2.24, 2.45) is 5.14 Å². The fourth-order valence-electron chi connectivity index (χ4n) is 2.23. The second-order valence-electron chi connectivity index (χ2n) is 4.71. The molecular weight excluding hydrogens is 296 g/mol. The Balaban J connectivity index is 1.83. The third-order valence-electron chi connectivity index (χ3n) is 3.34. The van der Waals surface area contributed by atoms with Crippen LogP contribution in [0.2, 0.25) is 0 Å². The second-order valence-corrected chi connectivity index (χ2v) is 6.55. The summed E-state index contributed by atoms with van der Waals surface area (Å²) in [5.74, 6) is 0.108. The van der Waals surface area contributed by atoms with Gasteiger partial charge in [-0.2, -0.15) is 0 Å². The van der Waals surface area contributed by atoms with Crippen molar-refractivity contribution in [1.82, 2.24) is 10.2 Å². The summed E-state index contributed by atoms with van der Waals surface area (Å²) >= 11 is 0. The van der Waals surface area contributed by atoms with Crippen LogP contribution in [0.1, 0.15) is 6.42 Å². The number of hydrogen-bond acceptors (Lipinski definition) is 6. The van der Waals surface area contributed by atoms with Gasteiger partial charge in [0.25, 0.3) is 0 Å². The molecule has 1 amide bonds. The number of rotatable bonds is 3. The zero-order chi connectivity index (χ0) is 15.0. The highest BCUT2D eigenvalue weighted by atomic mass is 32.2. The van der Waals surface area contributed by atoms with E-state index in [4.69, 9.17) is 9.56 Å². The summed E-state index contributed by atoms with van der Waals surface area (Å²) < 4.78 is 27.7. The zero-order valence-corrected chi connectivity index (χ0v) is 11.7. The Morgan fingerprint density at radius 2 is 2.00 bits per heavy atom. The number of sulfonamides is 1. The first-order valence-electron chi connectivity index (χ1n) is 6.14. The average Bonchev–Trinajstić information content (AvgIpc) is 3.07. The highest BCUT2D eigenvalue weighted by Gasteiger charge is 2.37. The number of primary sulfonamides is 1. The maximum Gasteiger partial charge on any atom is 0.247 e. The average molecular weight is 308 g/mol. The van der Waals surface area contributed by atoms with Crippen LogP contribution < -0.4 is 10.0 Å². The maximum atomic E-state index is 11.9. The molecule has 8 nitrogen and oxygen atoms in total. The van der Waals surface area contributed by atoms with Gasteiger partial charge in [-0.15, -0.1) is 10.2 Å². The highest BCUT2D eigenvalue weighted by Crippen LogP contribution is 2.26. The number of nitrogens with two attached hydrogens (primary N) is 1. The van der Waals surface area contributed by atoms with E-state index in [0.717, 1.165) is 0 Å². The number of carbonyl (C=O) groups is 1. The fraction of sp³-hybridized carbons (Fsp3) is 0.250. The van der Waals surface area contributed by atoms with E-state index < -0.39 is 15.3 Å². The Morgan fingerprint density at radius 3 is 2.52 bits per heavy atom. The number of amides is 1. The van der Waals surface area contributed by atoms with E-state index in [9.17, 15) is 13.2 Å². The Hall–Kier alpha value is -2.26. The number of benzene rings is 1. The molecule has 1 aromatic heterocycles. The third kappa shape index (κ3) is 2.65. The van der Waals surface area contributed by atoms with Crippen LogP contribution in [0.3, 0.4) is 0 Å². The topological polar surface area (TPSA) is 119 Å². The molecule has 1 aromatic carbocycles. The molecular formula is C12H12N4O4S. The minimum absolute atomic E-state index is 0.0670. The molecule has 9 heteroatoms. The SMILES string of the molecule is NS(=O)(=O)C1CC(=O)N(c2ccc(-c3nnco3)cc2)C1. The molecule has 2 N–H and O–H groups in total. The smallest absolute Gasteiger partial charge is 0.247 e. The van der Waals surface area contributed by atoms with Crippen molar-refractivity contribution in [3.05, 3.63) is 30.7 Å². The molecule has 21 heavy (non-hydrogen) atoms. The molecule has 110 valence electrons. The Bertz CT molecular complexity index is 755. The molecule has 0 radical (unpaired) electrons. The van der Waals surface area contributed by atoms with Gasteiger partial charge < -0.3 is 9.32 Å². The number of hydrogen-bond donors (Lipinski definition) is 1. The third-order valence-corrected chi connectivity index (χ3v) is 4.59. The molecule has 1 aliphatic rings. The van der Waals surface area contributed by atoms with Gasteiger partial charge in [-0.3, -0.25) is 4.79 Å². The largest absolute Gasteiger partial charge is 0.423 e. The highest BCUT2D eigenvalue weighted by molar-refractivity contribution is 7.89. The minimum Gasteiger partial charge on any atom is -0.423 e. The van der Waals surface area contributed by atoms with Crippen molar-refractivity contribution in [3.63, 3.8) is 0 Å². The summed E-state index contributed by atoms with van der Waals surface area (Å²) in [4.78, 5) is 13.3. The number of anilines is 1.